The van der Waals surface area contributed by atoms with E-state index in [1.165, 1.54) is 0 Å². The van der Waals surface area contributed by atoms with Gasteiger partial charge < -0.3 is 4.74 Å². The Labute approximate surface area is 117 Å². The van der Waals surface area contributed by atoms with Gasteiger partial charge in [0.1, 0.15) is 23.1 Å². The van der Waals surface area contributed by atoms with Crippen LogP contribution < -0.4 is 4.74 Å². The molecular formula is C15H13ClN2O. The number of nitrogens with zero attached hydrogens (tertiary/aromatic N) is 2. The number of halogens is 1. The van der Waals surface area contributed by atoms with Crippen molar-refractivity contribution >= 4 is 11.6 Å². The Morgan fingerprint density at radius 1 is 1.16 bits per heavy atom. The molecule has 0 fully saturated rings. The smallest absolute Gasteiger partial charge is 0.148 e. The lowest BCUT2D eigenvalue weighted by Crippen LogP contribution is -1.96. The average molecular weight is 273 g/mol. The topological polar surface area (TPSA) is 45.9 Å². The summed E-state index contributed by atoms with van der Waals surface area (Å²) in [5, 5.41) is 9.70. The van der Waals surface area contributed by atoms with Crippen molar-refractivity contribution < 1.29 is 4.74 Å². The first-order valence-corrected chi connectivity index (χ1v) is 6.21. The first kappa shape index (κ1) is 13.4. The van der Waals surface area contributed by atoms with Crippen molar-refractivity contribution in [3.63, 3.8) is 0 Å². The zero-order valence-corrected chi connectivity index (χ0v) is 11.7. The predicted molar refractivity (Wildman–Crippen MR) is 74.7 cm³/mol. The van der Waals surface area contributed by atoms with Gasteiger partial charge >= 0.3 is 0 Å². The number of nitriles is 1. The molecular weight excluding hydrogens is 260 g/mol. The lowest BCUT2D eigenvalue weighted by Gasteiger charge is -2.11. The van der Waals surface area contributed by atoms with Crippen LogP contribution in [0.5, 0.6) is 11.5 Å². The number of rotatable bonds is 2. The maximum absolute atomic E-state index is 9.18. The fourth-order valence-corrected chi connectivity index (χ4v) is 2.09. The Balaban J connectivity index is 2.46. The van der Waals surface area contributed by atoms with Crippen molar-refractivity contribution in [2.75, 3.05) is 0 Å². The van der Waals surface area contributed by atoms with Crippen molar-refractivity contribution in [1.82, 2.24) is 4.98 Å². The standard InChI is InChI=1S/C15H13ClN2O/c1-9-4-5-14(13(16)6-9)19-15-7-10(2)18-11(3)12(15)8-17/h4-7H,1-3H3. The monoisotopic (exact) mass is 272 g/mol. The third-order valence-corrected chi connectivity index (χ3v) is 3.01. The van der Waals surface area contributed by atoms with E-state index in [0.717, 1.165) is 11.3 Å². The van der Waals surface area contributed by atoms with Crippen LogP contribution in [0.25, 0.3) is 0 Å². The van der Waals surface area contributed by atoms with Crippen LogP contribution in [-0.2, 0) is 0 Å². The van der Waals surface area contributed by atoms with E-state index in [-0.39, 0.29) is 0 Å². The van der Waals surface area contributed by atoms with Crippen LogP contribution in [0.15, 0.2) is 24.3 Å². The van der Waals surface area contributed by atoms with E-state index in [4.69, 9.17) is 16.3 Å². The molecule has 4 heteroatoms. The van der Waals surface area contributed by atoms with E-state index in [1.54, 1.807) is 19.1 Å². The van der Waals surface area contributed by atoms with E-state index >= 15 is 0 Å². The highest BCUT2D eigenvalue weighted by Gasteiger charge is 2.12. The molecule has 0 unspecified atom stereocenters. The van der Waals surface area contributed by atoms with Crippen LogP contribution in [-0.4, -0.2) is 4.98 Å². The minimum absolute atomic E-state index is 0.433. The highest BCUT2D eigenvalue weighted by atomic mass is 35.5. The SMILES string of the molecule is Cc1ccc(Oc2cc(C)nc(C)c2C#N)c(Cl)c1. The molecule has 0 radical (unpaired) electrons. The van der Waals surface area contributed by atoms with Gasteiger partial charge in [0.05, 0.1) is 10.7 Å². The van der Waals surface area contributed by atoms with Crippen LogP contribution in [0, 0.1) is 32.1 Å². The maximum Gasteiger partial charge on any atom is 0.148 e. The van der Waals surface area contributed by atoms with Crippen LogP contribution in [0.3, 0.4) is 0 Å². The summed E-state index contributed by atoms with van der Waals surface area (Å²) in [5.41, 5.74) is 2.94. The molecule has 1 aromatic carbocycles. The van der Waals surface area contributed by atoms with Crippen molar-refractivity contribution in [2.45, 2.75) is 20.8 Å². The van der Waals surface area contributed by atoms with Gasteiger partial charge in [-0.05, 0) is 38.5 Å². The van der Waals surface area contributed by atoms with Crippen molar-refractivity contribution in [2.24, 2.45) is 0 Å². The minimum Gasteiger partial charge on any atom is -0.454 e. The van der Waals surface area contributed by atoms with Crippen LogP contribution >= 0.6 is 11.6 Å². The molecule has 0 aliphatic rings. The zero-order valence-electron chi connectivity index (χ0n) is 11.0. The largest absolute Gasteiger partial charge is 0.454 e. The summed E-state index contributed by atoms with van der Waals surface area (Å²) < 4.78 is 5.75. The molecule has 0 aliphatic heterocycles. The Bertz CT molecular complexity index is 675. The minimum atomic E-state index is 0.433. The van der Waals surface area contributed by atoms with E-state index in [2.05, 4.69) is 11.1 Å². The summed E-state index contributed by atoms with van der Waals surface area (Å²) >= 11 is 6.13. The van der Waals surface area contributed by atoms with Crippen LogP contribution in [0.2, 0.25) is 5.02 Å². The first-order valence-electron chi connectivity index (χ1n) is 5.83. The molecule has 19 heavy (non-hydrogen) atoms. The van der Waals surface area contributed by atoms with Crippen molar-refractivity contribution in [1.29, 1.82) is 5.26 Å². The number of aryl methyl sites for hydroxylation is 3. The summed E-state index contributed by atoms with van der Waals surface area (Å²) in [5.74, 6) is 1.02. The molecule has 0 N–H and O–H groups in total. The molecule has 2 aromatic rings. The predicted octanol–water partition coefficient (Wildman–Crippen LogP) is 4.32. The third-order valence-electron chi connectivity index (χ3n) is 2.71. The first-order chi connectivity index (χ1) is 9.01. The van der Waals surface area contributed by atoms with E-state index < -0.39 is 0 Å². The second kappa shape index (κ2) is 5.29. The Morgan fingerprint density at radius 2 is 1.89 bits per heavy atom. The Hall–Kier alpha value is -2.05. The van der Waals surface area contributed by atoms with Gasteiger partial charge in [-0.2, -0.15) is 5.26 Å². The van der Waals surface area contributed by atoms with Crippen LogP contribution in [0.4, 0.5) is 0 Å². The molecule has 0 saturated heterocycles. The molecule has 0 amide bonds. The van der Waals surface area contributed by atoms with Gasteiger partial charge in [0.15, 0.2) is 0 Å². The van der Waals surface area contributed by atoms with E-state index in [9.17, 15) is 5.26 Å². The number of aromatic nitrogens is 1. The highest BCUT2D eigenvalue weighted by molar-refractivity contribution is 6.32. The zero-order chi connectivity index (χ0) is 14.0. The lowest BCUT2D eigenvalue weighted by molar-refractivity contribution is 0.479. The maximum atomic E-state index is 9.18. The van der Waals surface area contributed by atoms with Gasteiger partial charge in [-0.1, -0.05) is 17.7 Å². The van der Waals surface area contributed by atoms with E-state index in [1.807, 2.05) is 26.0 Å². The van der Waals surface area contributed by atoms with E-state index in [0.29, 0.717) is 27.8 Å². The number of pyridine rings is 1. The second-order valence-corrected chi connectivity index (χ2v) is 4.78. The summed E-state index contributed by atoms with van der Waals surface area (Å²) in [7, 11) is 0. The van der Waals surface area contributed by atoms with Crippen LogP contribution in [0.1, 0.15) is 22.5 Å². The number of ether oxygens (including phenoxy) is 1. The number of hydrogen-bond acceptors (Lipinski definition) is 3. The normalized spacial score (nSPS) is 10.1. The molecule has 0 aliphatic carbocycles. The van der Waals surface area contributed by atoms with Crippen molar-refractivity contribution in [3.05, 3.63) is 51.8 Å². The van der Waals surface area contributed by atoms with Gasteiger partial charge in [-0.15, -0.1) is 0 Å². The lowest BCUT2D eigenvalue weighted by atomic mass is 10.2. The summed E-state index contributed by atoms with van der Waals surface area (Å²) in [6.45, 7) is 5.60. The van der Waals surface area contributed by atoms with Gasteiger partial charge in [0.25, 0.3) is 0 Å². The summed E-state index contributed by atoms with van der Waals surface area (Å²) in [4.78, 5) is 4.25. The molecule has 0 bridgehead atoms. The molecule has 0 spiro atoms. The molecule has 0 saturated carbocycles. The Kier molecular flexibility index (Phi) is 3.73. The fraction of sp³-hybridized carbons (Fsp3) is 0.200. The Morgan fingerprint density at radius 3 is 2.53 bits per heavy atom. The number of hydrogen-bond donors (Lipinski definition) is 0. The molecule has 1 heterocycles. The van der Waals surface area contributed by atoms with Crippen molar-refractivity contribution in [3.8, 4) is 17.6 Å². The quantitative estimate of drug-likeness (QED) is 0.818. The third kappa shape index (κ3) is 2.86. The fourth-order valence-electron chi connectivity index (χ4n) is 1.82. The van der Waals surface area contributed by atoms with Gasteiger partial charge in [0, 0.05) is 11.8 Å². The molecule has 1 aromatic heterocycles. The molecule has 2 rings (SSSR count). The molecule has 96 valence electrons. The summed E-state index contributed by atoms with van der Waals surface area (Å²) in [6, 6.07) is 9.38. The number of benzene rings is 1. The molecule has 0 atom stereocenters. The van der Waals surface area contributed by atoms with Gasteiger partial charge in [0.2, 0.25) is 0 Å². The van der Waals surface area contributed by atoms with Gasteiger partial charge in [-0.3, -0.25) is 4.98 Å². The summed E-state index contributed by atoms with van der Waals surface area (Å²) in [6.07, 6.45) is 0. The average Bonchev–Trinajstić information content (AvgIpc) is 2.32. The molecule has 3 nitrogen and oxygen atoms in total. The van der Waals surface area contributed by atoms with Gasteiger partial charge in [-0.25, -0.2) is 0 Å². The highest BCUT2D eigenvalue weighted by Crippen LogP contribution is 2.32. The second-order valence-electron chi connectivity index (χ2n) is 4.37.